The van der Waals surface area contributed by atoms with E-state index in [4.69, 9.17) is 0 Å². The van der Waals surface area contributed by atoms with Gasteiger partial charge in [-0.3, -0.25) is 9.30 Å². The lowest BCUT2D eigenvalue weighted by atomic mass is 10.2. The monoisotopic (exact) mass is 473 g/mol. The van der Waals surface area contributed by atoms with Crippen molar-refractivity contribution in [2.45, 2.75) is 53.2 Å². The van der Waals surface area contributed by atoms with Crippen LogP contribution >= 0.6 is 24.0 Å². The molecule has 0 unspecified atom stereocenters. The van der Waals surface area contributed by atoms with Crippen LogP contribution in [0.25, 0.3) is 5.65 Å². The number of hydrogen-bond acceptors (Lipinski definition) is 4. The number of fused-ring (bicyclic) bond motifs is 1. The van der Waals surface area contributed by atoms with Crippen molar-refractivity contribution in [2.75, 3.05) is 19.6 Å². The van der Waals surface area contributed by atoms with E-state index in [0.717, 1.165) is 37.1 Å². The van der Waals surface area contributed by atoms with Gasteiger partial charge in [0.1, 0.15) is 6.54 Å². The Labute approximate surface area is 173 Å². The van der Waals surface area contributed by atoms with Crippen LogP contribution in [0.4, 0.5) is 0 Å². The molecule has 0 radical (unpaired) electrons. The van der Waals surface area contributed by atoms with E-state index in [1.807, 2.05) is 28.8 Å². The average Bonchev–Trinajstić information content (AvgIpc) is 2.99. The maximum Gasteiger partial charge on any atom is 0.191 e. The molecule has 0 bridgehead atoms. The molecule has 0 aliphatic rings. The maximum atomic E-state index is 4.65. The van der Waals surface area contributed by atoms with E-state index in [0.29, 0.717) is 18.6 Å². The smallest absolute Gasteiger partial charge is 0.191 e. The molecule has 0 saturated carbocycles. The Hall–Kier alpha value is -1.42. The molecule has 7 nitrogen and oxygen atoms in total. The van der Waals surface area contributed by atoms with Gasteiger partial charge in [0.05, 0.1) is 0 Å². The van der Waals surface area contributed by atoms with Crippen molar-refractivity contribution in [3.63, 3.8) is 0 Å². The molecular formula is C18H32IN7. The van der Waals surface area contributed by atoms with Gasteiger partial charge in [0.2, 0.25) is 0 Å². The topological polar surface area (TPSA) is 69.8 Å². The minimum atomic E-state index is 0. The van der Waals surface area contributed by atoms with Gasteiger partial charge < -0.3 is 10.6 Å². The molecule has 2 rings (SSSR count). The first-order chi connectivity index (χ1) is 12.0. The summed E-state index contributed by atoms with van der Waals surface area (Å²) in [6.07, 6.45) is 1.96. The molecule has 0 aliphatic heterocycles. The van der Waals surface area contributed by atoms with Crippen molar-refractivity contribution in [3.8, 4) is 0 Å². The van der Waals surface area contributed by atoms with Crippen molar-refractivity contribution < 1.29 is 0 Å². The Bertz CT molecular complexity index is 673. The lowest BCUT2D eigenvalue weighted by Gasteiger charge is -2.30. The van der Waals surface area contributed by atoms with Crippen LogP contribution in [0.5, 0.6) is 0 Å². The summed E-state index contributed by atoms with van der Waals surface area (Å²) in [7, 11) is 0. The van der Waals surface area contributed by atoms with Gasteiger partial charge in [-0.05, 0) is 46.8 Å². The fourth-order valence-corrected chi connectivity index (χ4v) is 2.91. The zero-order valence-electron chi connectivity index (χ0n) is 16.4. The van der Waals surface area contributed by atoms with E-state index in [2.05, 4.69) is 65.3 Å². The van der Waals surface area contributed by atoms with Gasteiger partial charge in [-0.25, -0.2) is 4.99 Å². The third-order valence-electron chi connectivity index (χ3n) is 4.10. The van der Waals surface area contributed by atoms with Crippen molar-refractivity contribution in [1.82, 2.24) is 30.1 Å². The summed E-state index contributed by atoms with van der Waals surface area (Å²) in [4.78, 5) is 7.11. The molecule has 26 heavy (non-hydrogen) atoms. The summed E-state index contributed by atoms with van der Waals surface area (Å²) in [5.41, 5.74) is 0.843. The molecule has 0 amide bonds. The highest BCUT2D eigenvalue weighted by molar-refractivity contribution is 14.0. The number of guanidine groups is 1. The summed E-state index contributed by atoms with van der Waals surface area (Å²) in [6, 6.07) is 6.93. The highest BCUT2D eigenvalue weighted by Gasteiger charge is 2.12. The Balaban J connectivity index is 0.00000338. The van der Waals surface area contributed by atoms with Crippen molar-refractivity contribution in [3.05, 3.63) is 30.2 Å². The van der Waals surface area contributed by atoms with Crippen LogP contribution in [-0.2, 0) is 6.54 Å². The zero-order valence-corrected chi connectivity index (χ0v) is 18.8. The largest absolute Gasteiger partial charge is 0.357 e. The number of hydrogen-bond donors (Lipinski definition) is 2. The average molecular weight is 473 g/mol. The summed E-state index contributed by atoms with van der Waals surface area (Å²) >= 11 is 0. The van der Waals surface area contributed by atoms with Gasteiger partial charge in [-0.2, -0.15) is 0 Å². The Morgan fingerprint density at radius 2 is 1.88 bits per heavy atom. The predicted molar refractivity (Wildman–Crippen MR) is 118 cm³/mol. The third-order valence-corrected chi connectivity index (χ3v) is 4.10. The molecular weight excluding hydrogens is 441 g/mol. The van der Waals surface area contributed by atoms with Crippen LogP contribution in [0, 0.1) is 0 Å². The predicted octanol–water partition coefficient (Wildman–Crippen LogP) is 2.52. The van der Waals surface area contributed by atoms with Crippen LogP contribution in [0.15, 0.2) is 29.4 Å². The van der Waals surface area contributed by atoms with Gasteiger partial charge in [0.15, 0.2) is 17.4 Å². The first-order valence-corrected chi connectivity index (χ1v) is 9.09. The summed E-state index contributed by atoms with van der Waals surface area (Å²) in [6.45, 7) is 14.1. The van der Waals surface area contributed by atoms with Gasteiger partial charge in [0.25, 0.3) is 0 Å². The fourth-order valence-electron chi connectivity index (χ4n) is 2.91. The van der Waals surface area contributed by atoms with Gasteiger partial charge >= 0.3 is 0 Å². The lowest BCUT2D eigenvalue weighted by molar-refractivity contribution is 0.178. The minimum absolute atomic E-state index is 0. The summed E-state index contributed by atoms with van der Waals surface area (Å²) < 4.78 is 1.96. The second kappa shape index (κ2) is 11.3. The van der Waals surface area contributed by atoms with E-state index >= 15 is 0 Å². The van der Waals surface area contributed by atoms with Crippen LogP contribution in [-0.4, -0.2) is 57.2 Å². The normalized spacial score (nSPS) is 12.1. The van der Waals surface area contributed by atoms with Crippen LogP contribution in [0.3, 0.4) is 0 Å². The number of aliphatic imine (C=N–C) groups is 1. The number of pyridine rings is 1. The highest BCUT2D eigenvalue weighted by Crippen LogP contribution is 2.04. The van der Waals surface area contributed by atoms with Crippen LogP contribution in [0.1, 0.15) is 40.4 Å². The number of nitrogens with one attached hydrogen (secondary N) is 2. The fraction of sp³-hybridized carbons (Fsp3) is 0.611. The van der Waals surface area contributed by atoms with E-state index in [9.17, 15) is 0 Å². The van der Waals surface area contributed by atoms with Gasteiger partial charge in [-0.15, -0.1) is 34.2 Å². The van der Waals surface area contributed by atoms with Crippen LogP contribution in [0.2, 0.25) is 0 Å². The number of aromatic nitrogens is 3. The Morgan fingerprint density at radius 1 is 1.15 bits per heavy atom. The Kier molecular flexibility index (Phi) is 9.85. The van der Waals surface area contributed by atoms with E-state index in [1.54, 1.807) is 0 Å². The van der Waals surface area contributed by atoms with Crippen molar-refractivity contribution >= 4 is 35.6 Å². The molecule has 2 aromatic rings. The first-order valence-electron chi connectivity index (χ1n) is 9.09. The molecule has 0 aliphatic carbocycles. The molecule has 0 aromatic carbocycles. The molecule has 2 aromatic heterocycles. The number of rotatable bonds is 8. The Morgan fingerprint density at radius 3 is 2.54 bits per heavy atom. The molecule has 146 valence electrons. The molecule has 2 N–H and O–H groups in total. The summed E-state index contributed by atoms with van der Waals surface area (Å²) in [5.74, 6) is 1.64. The lowest BCUT2D eigenvalue weighted by Crippen LogP contribution is -2.45. The highest BCUT2D eigenvalue weighted by atomic mass is 127. The quantitative estimate of drug-likeness (QED) is 0.351. The zero-order chi connectivity index (χ0) is 18.2. The minimum Gasteiger partial charge on any atom is -0.357 e. The standard InChI is InChI=1S/C18H31N7.HI/c1-6-19-18(20-10-12-24(14(2)3)15(4)5)21-13-17-23-22-16-9-7-8-11-25(16)17;/h7-9,11,14-15H,6,10,12-13H2,1-5H3,(H2,19,20,21);1H. The second-order valence-electron chi connectivity index (χ2n) is 6.59. The number of nitrogens with zero attached hydrogens (tertiary/aromatic N) is 5. The second-order valence-corrected chi connectivity index (χ2v) is 6.59. The van der Waals surface area contributed by atoms with E-state index in [-0.39, 0.29) is 24.0 Å². The molecule has 2 heterocycles. The van der Waals surface area contributed by atoms with Gasteiger partial charge in [-0.1, -0.05) is 6.07 Å². The first kappa shape index (κ1) is 22.6. The molecule has 8 heteroatoms. The summed E-state index contributed by atoms with van der Waals surface area (Å²) in [5, 5.41) is 15.1. The maximum absolute atomic E-state index is 4.65. The molecule has 0 fully saturated rings. The van der Waals surface area contributed by atoms with Gasteiger partial charge in [0, 0.05) is 37.9 Å². The van der Waals surface area contributed by atoms with E-state index < -0.39 is 0 Å². The van der Waals surface area contributed by atoms with E-state index in [1.165, 1.54) is 0 Å². The van der Waals surface area contributed by atoms with Crippen LogP contribution < -0.4 is 10.6 Å². The molecule has 0 atom stereocenters. The van der Waals surface area contributed by atoms with Crippen molar-refractivity contribution in [2.24, 2.45) is 4.99 Å². The molecule has 0 spiro atoms. The van der Waals surface area contributed by atoms with Crippen molar-refractivity contribution in [1.29, 1.82) is 0 Å². The SMILES string of the molecule is CCNC(=NCc1nnc2ccccn12)NCCN(C(C)C)C(C)C.I. The number of halogens is 1. The molecule has 0 saturated heterocycles. The third kappa shape index (κ3) is 6.39.